The molecule has 4 heteroatoms. The Labute approximate surface area is 121 Å². The molecule has 0 bridgehead atoms. The zero-order chi connectivity index (χ0) is 14.9. The van der Waals surface area contributed by atoms with Crippen LogP contribution < -0.4 is 4.90 Å². The Morgan fingerprint density at radius 1 is 0.905 bits per heavy atom. The second kappa shape index (κ2) is 5.13. The number of benzene rings is 2. The number of nitrogens with zero attached hydrogens (tertiary/aromatic N) is 1. The van der Waals surface area contributed by atoms with E-state index < -0.39 is 17.7 Å². The van der Waals surface area contributed by atoms with Crippen LogP contribution >= 0.6 is 0 Å². The highest BCUT2D eigenvalue weighted by Gasteiger charge is 2.51. The molecule has 21 heavy (non-hydrogen) atoms. The molecule has 0 saturated heterocycles. The van der Waals surface area contributed by atoms with Gasteiger partial charge in [-0.15, -0.1) is 0 Å². The van der Waals surface area contributed by atoms with Gasteiger partial charge >= 0.3 is 5.92 Å². The SMILES string of the molecule is O=C1C=CN(c2ccccc2)C(c2ccccc2)C1(F)F. The smallest absolute Gasteiger partial charge is 0.333 e. The Kier molecular flexibility index (Phi) is 3.29. The molecule has 106 valence electrons. The molecule has 1 unspecified atom stereocenters. The molecular weight excluding hydrogens is 272 g/mol. The van der Waals surface area contributed by atoms with E-state index in [9.17, 15) is 13.6 Å². The van der Waals surface area contributed by atoms with Crippen molar-refractivity contribution in [1.82, 2.24) is 0 Å². The monoisotopic (exact) mass is 285 g/mol. The highest BCUT2D eigenvalue weighted by atomic mass is 19.3. The predicted molar refractivity (Wildman–Crippen MR) is 77.2 cm³/mol. The molecule has 2 nitrogen and oxygen atoms in total. The summed E-state index contributed by atoms with van der Waals surface area (Å²) >= 11 is 0. The summed E-state index contributed by atoms with van der Waals surface area (Å²) in [6.45, 7) is 0. The van der Waals surface area contributed by atoms with Crippen LogP contribution in [0.4, 0.5) is 14.5 Å². The van der Waals surface area contributed by atoms with E-state index in [0.29, 0.717) is 11.3 Å². The zero-order valence-electron chi connectivity index (χ0n) is 11.1. The summed E-state index contributed by atoms with van der Waals surface area (Å²) in [6, 6.07) is 15.9. The molecule has 1 aliphatic rings. The molecule has 0 spiro atoms. The lowest BCUT2D eigenvalue weighted by Crippen LogP contribution is -2.46. The van der Waals surface area contributed by atoms with Gasteiger partial charge in [-0.2, -0.15) is 8.78 Å². The number of hydrogen-bond donors (Lipinski definition) is 0. The second-order valence-electron chi connectivity index (χ2n) is 4.86. The maximum absolute atomic E-state index is 14.4. The van der Waals surface area contributed by atoms with E-state index in [1.165, 1.54) is 11.1 Å². The van der Waals surface area contributed by atoms with Crippen molar-refractivity contribution in [2.75, 3.05) is 4.90 Å². The number of anilines is 1. The first-order valence-corrected chi connectivity index (χ1v) is 6.59. The molecule has 0 N–H and O–H groups in total. The van der Waals surface area contributed by atoms with Crippen molar-refractivity contribution in [2.24, 2.45) is 0 Å². The third-order valence-corrected chi connectivity index (χ3v) is 3.51. The topological polar surface area (TPSA) is 20.3 Å². The average Bonchev–Trinajstić information content (AvgIpc) is 2.51. The van der Waals surface area contributed by atoms with Crippen LogP contribution in [-0.2, 0) is 4.79 Å². The van der Waals surface area contributed by atoms with Crippen LogP contribution in [0.2, 0.25) is 0 Å². The minimum absolute atomic E-state index is 0.407. The van der Waals surface area contributed by atoms with Crippen LogP contribution in [0.3, 0.4) is 0 Å². The number of halogens is 2. The molecule has 3 rings (SSSR count). The van der Waals surface area contributed by atoms with Gasteiger partial charge in [-0.05, 0) is 17.7 Å². The maximum atomic E-state index is 14.4. The molecule has 0 amide bonds. The van der Waals surface area contributed by atoms with Crippen molar-refractivity contribution in [3.63, 3.8) is 0 Å². The van der Waals surface area contributed by atoms with E-state index in [1.54, 1.807) is 54.6 Å². The number of rotatable bonds is 2. The maximum Gasteiger partial charge on any atom is 0.333 e. The Morgan fingerprint density at radius 3 is 2.10 bits per heavy atom. The van der Waals surface area contributed by atoms with Gasteiger partial charge in [-0.25, -0.2) is 0 Å². The predicted octanol–water partition coefficient (Wildman–Crippen LogP) is 3.97. The third kappa shape index (κ3) is 2.33. The first-order valence-electron chi connectivity index (χ1n) is 6.59. The van der Waals surface area contributed by atoms with Gasteiger partial charge in [0.2, 0.25) is 5.78 Å². The van der Waals surface area contributed by atoms with Crippen molar-refractivity contribution in [2.45, 2.75) is 12.0 Å². The average molecular weight is 285 g/mol. The molecule has 2 aromatic rings. The summed E-state index contributed by atoms with van der Waals surface area (Å²) in [5, 5.41) is 0. The van der Waals surface area contributed by atoms with Gasteiger partial charge in [-0.3, -0.25) is 4.79 Å². The number of allylic oxidation sites excluding steroid dienone is 1. The molecular formula is C17H13F2NO. The molecule has 0 fully saturated rings. The number of carbonyl (C=O) groups excluding carboxylic acids is 1. The highest BCUT2D eigenvalue weighted by Crippen LogP contribution is 2.42. The summed E-state index contributed by atoms with van der Waals surface area (Å²) in [4.78, 5) is 13.1. The van der Waals surface area contributed by atoms with Gasteiger partial charge in [0.15, 0.2) is 0 Å². The summed E-state index contributed by atoms with van der Waals surface area (Å²) in [6.07, 6.45) is 2.36. The fraction of sp³-hybridized carbons (Fsp3) is 0.118. The van der Waals surface area contributed by atoms with Crippen LogP contribution in [-0.4, -0.2) is 11.7 Å². The number of hydrogen-bond acceptors (Lipinski definition) is 2. The quantitative estimate of drug-likeness (QED) is 0.832. The Morgan fingerprint density at radius 2 is 1.48 bits per heavy atom. The van der Waals surface area contributed by atoms with E-state index >= 15 is 0 Å². The van der Waals surface area contributed by atoms with E-state index in [2.05, 4.69) is 0 Å². The van der Waals surface area contributed by atoms with Crippen LogP contribution in [0.5, 0.6) is 0 Å². The fourth-order valence-electron chi connectivity index (χ4n) is 2.50. The molecule has 1 aliphatic heterocycles. The van der Waals surface area contributed by atoms with Gasteiger partial charge in [0.05, 0.1) is 0 Å². The molecule has 0 aromatic heterocycles. The summed E-state index contributed by atoms with van der Waals surface area (Å²) in [5.74, 6) is -4.63. The van der Waals surface area contributed by atoms with Crippen LogP contribution in [0.15, 0.2) is 72.9 Å². The lowest BCUT2D eigenvalue weighted by molar-refractivity contribution is -0.141. The lowest BCUT2D eigenvalue weighted by atomic mass is 9.93. The number of para-hydroxylation sites is 1. The zero-order valence-corrected chi connectivity index (χ0v) is 11.1. The number of alkyl halides is 2. The minimum atomic E-state index is -3.47. The van der Waals surface area contributed by atoms with Gasteiger partial charge in [0.1, 0.15) is 6.04 Å². The van der Waals surface area contributed by atoms with E-state index in [0.717, 1.165) is 6.08 Å². The minimum Gasteiger partial charge on any atom is -0.334 e. The van der Waals surface area contributed by atoms with Crippen molar-refractivity contribution >= 4 is 11.5 Å². The first kappa shape index (κ1) is 13.5. The van der Waals surface area contributed by atoms with Crippen molar-refractivity contribution in [3.05, 3.63) is 78.5 Å². The highest BCUT2D eigenvalue weighted by molar-refractivity contribution is 5.98. The van der Waals surface area contributed by atoms with Crippen LogP contribution in [0.25, 0.3) is 0 Å². The largest absolute Gasteiger partial charge is 0.334 e. The lowest BCUT2D eigenvalue weighted by Gasteiger charge is -2.38. The summed E-state index contributed by atoms with van der Waals surface area (Å²) < 4.78 is 28.9. The third-order valence-electron chi connectivity index (χ3n) is 3.51. The van der Waals surface area contributed by atoms with E-state index in [4.69, 9.17) is 0 Å². The number of carbonyl (C=O) groups is 1. The molecule has 0 radical (unpaired) electrons. The van der Waals surface area contributed by atoms with Crippen LogP contribution in [0.1, 0.15) is 11.6 Å². The fourth-order valence-corrected chi connectivity index (χ4v) is 2.50. The Hall–Kier alpha value is -2.49. The van der Waals surface area contributed by atoms with E-state index in [-0.39, 0.29) is 0 Å². The Bertz CT molecular complexity index is 668. The van der Waals surface area contributed by atoms with Crippen molar-refractivity contribution in [1.29, 1.82) is 0 Å². The van der Waals surface area contributed by atoms with Crippen molar-refractivity contribution in [3.8, 4) is 0 Å². The molecule has 0 aliphatic carbocycles. The van der Waals surface area contributed by atoms with Gasteiger partial charge in [-0.1, -0.05) is 48.5 Å². The number of ketones is 1. The van der Waals surface area contributed by atoms with E-state index in [1.807, 2.05) is 6.07 Å². The second-order valence-corrected chi connectivity index (χ2v) is 4.86. The molecule has 1 atom stereocenters. The van der Waals surface area contributed by atoms with Gasteiger partial charge in [0, 0.05) is 18.0 Å². The molecule has 2 aromatic carbocycles. The molecule has 0 saturated carbocycles. The standard InChI is InChI=1S/C17H13F2NO/c18-17(19)15(21)11-12-20(14-9-5-2-6-10-14)16(17)13-7-3-1-4-8-13/h1-12,16H. The first-order chi connectivity index (χ1) is 10.1. The van der Waals surface area contributed by atoms with Gasteiger partial charge in [0.25, 0.3) is 0 Å². The normalized spacial score (nSPS) is 20.6. The van der Waals surface area contributed by atoms with Crippen molar-refractivity contribution < 1.29 is 13.6 Å². The summed E-state index contributed by atoms with van der Waals surface area (Å²) in [5.41, 5.74) is 1.03. The molecule has 1 heterocycles. The Balaban J connectivity index is 2.13. The van der Waals surface area contributed by atoms with Crippen LogP contribution in [0, 0.1) is 0 Å². The van der Waals surface area contributed by atoms with Gasteiger partial charge < -0.3 is 4.90 Å². The summed E-state index contributed by atoms with van der Waals surface area (Å²) in [7, 11) is 0.